The van der Waals surface area contributed by atoms with Gasteiger partial charge in [0, 0.05) is 60.8 Å². The maximum Gasteiger partial charge on any atom is 0.410 e. The number of aromatic nitrogens is 1. The molecule has 0 aliphatic carbocycles. The molecular formula is C28H39ClN5O4S. The van der Waals surface area contributed by atoms with Crippen molar-refractivity contribution in [2.24, 2.45) is 0 Å². The summed E-state index contributed by atoms with van der Waals surface area (Å²) in [5.74, 6) is 0.781. The maximum atomic E-state index is 12.4. The zero-order chi connectivity index (χ0) is 29.0. The van der Waals surface area contributed by atoms with Gasteiger partial charge in [-0.15, -0.1) is 11.8 Å². The molecule has 1 saturated heterocycles. The van der Waals surface area contributed by atoms with Gasteiger partial charge in [-0.05, 0) is 70.9 Å². The molecule has 2 N–H and O–H groups in total. The fraction of sp³-hybridized carbons (Fsp3) is 0.500. The van der Waals surface area contributed by atoms with Crippen molar-refractivity contribution in [1.82, 2.24) is 24.6 Å². The van der Waals surface area contributed by atoms with E-state index in [9.17, 15) is 19.8 Å². The van der Waals surface area contributed by atoms with Gasteiger partial charge < -0.3 is 10.2 Å². The highest BCUT2D eigenvalue weighted by Crippen LogP contribution is 2.34. The first-order valence-electron chi connectivity index (χ1n) is 12.9. The van der Waals surface area contributed by atoms with Gasteiger partial charge in [0.15, 0.2) is 0 Å². The molecule has 0 saturated carbocycles. The van der Waals surface area contributed by atoms with E-state index >= 15 is 0 Å². The average Bonchev–Trinajstić information content (AvgIpc) is 2.82. The Balaban J connectivity index is 1.75. The highest BCUT2D eigenvalue weighted by Gasteiger charge is 2.48. The maximum absolute atomic E-state index is 12.4. The second kappa shape index (κ2) is 12.8. The van der Waals surface area contributed by atoms with Crippen LogP contribution in [0.3, 0.4) is 0 Å². The molecule has 39 heavy (non-hydrogen) atoms. The molecule has 213 valence electrons. The van der Waals surface area contributed by atoms with Crippen molar-refractivity contribution in [1.29, 1.82) is 0 Å². The van der Waals surface area contributed by atoms with E-state index in [0.717, 1.165) is 16.3 Å². The molecule has 0 unspecified atom stereocenters. The Labute approximate surface area is 240 Å². The minimum atomic E-state index is -1.19. The average molecular weight is 577 g/mol. The molecule has 1 aliphatic rings. The summed E-state index contributed by atoms with van der Waals surface area (Å²) in [6, 6.07) is 11.8. The molecule has 0 spiro atoms. The fourth-order valence-corrected chi connectivity index (χ4v) is 5.56. The number of piperazine rings is 1. The molecule has 2 heterocycles. The normalized spacial score (nSPS) is 15.4. The van der Waals surface area contributed by atoms with Crippen molar-refractivity contribution in [3.05, 3.63) is 65.0 Å². The van der Waals surface area contributed by atoms with Gasteiger partial charge in [-0.1, -0.05) is 29.8 Å². The summed E-state index contributed by atoms with van der Waals surface area (Å²) in [7, 11) is 0. The van der Waals surface area contributed by atoms with Crippen LogP contribution in [0.15, 0.2) is 47.6 Å². The molecule has 1 aliphatic heterocycles. The summed E-state index contributed by atoms with van der Waals surface area (Å²) >= 11 is 7.69. The smallest absolute Gasteiger partial charge is 0.410 e. The van der Waals surface area contributed by atoms with Gasteiger partial charge in [0.25, 0.3) is 0 Å². The standard InChI is InChI=1S/C28H39ClN5O4S/c1-27(2,3)33(25(35)36)24(34(26(37)38)28(4,5)6)32-16-14-31(15-17-32)18-21-8-7-13-30-23(21)39-19-20-9-11-22(29)12-10-20/h7-13H,14-19H2,1-6H3,(H,35,36)(H,37,38). The number of thioether (sulfide) groups is 1. The predicted octanol–water partition coefficient (Wildman–Crippen LogP) is 6.15. The largest absolute Gasteiger partial charge is 0.465 e. The molecule has 2 aromatic rings. The van der Waals surface area contributed by atoms with E-state index in [0.29, 0.717) is 37.7 Å². The zero-order valence-electron chi connectivity index (χ0n) is 23.5. The van der Waals surface area contributed by atoms with E-state index in [4.69, 9.17) is 11.6 Å². The lowest BCUT2D eigenvalue weighted by Crippen LogP contribution is -2.65. The quantitative estimate of drug-likeness (QED) is 0.361. The zero-order valence-corrected chi connectivity index (χ0v) is 25.1. The van der Waals surface area contributed by atoms with Gasteiger partial charge in [0.1, 0.15) is 5.03 Å². The Morgan fingerprint density at radius 1 is 0.923 bits per heavy atom. The number of carbonyl (C=O) groups is 2. The summed E-state index contributed by atoms with van der Waals surface area (Å²) in [6.07, 6.45) is -0.399. The van der Waals surface area contributed by atoms with Gasteiger partial charge in [0.05, 0.1) is 0 Å². The minimum absolute atomic E-state index is 0.176. The van der Waals surface area contributed by atoms with Crippen LogP contribution in [0.4, 0.5) is 9.59 Å². The number of rotatable bonds is 8. The first-order valence-corrected chi connectivity index (χ1v) is 14.3. The number of carboxylic acid groups (broad SMARTS) is 2. The van der Waals surface area contributed by atoms with Gasteiger partial charge in [-0.25, -0.2) is 14.6 Å². The van der Waals surface area contributed by atoms with Crippen LogP contribution in [0.1, 0.15) is 52.7 Å². The minimum Gasteiger partial charge on any atom is -0.465 e. The number of halogens is 1. The molecule has 0 atom stereocenters. The summed E-state index contributed by atoms with van der Waals surface area (Å²) in [5, 5.41) is 22.0. The van der Waals surface area contributed by atoms with Crippen LogP contribution < -0.4 is 0 Å². The number of benzene rings is 1. The lowest BCUT2D eigenvalue weighted by atomic mass is 10.0. The van der Waals surface area contributed by atoms with Crippen molar-refractivity contribution in [3.8, 4) is 0 Å². The molecule has 3 rings (SSSR count). The van der Waals surface area contributed by atoms with Gasteiger partial charge in [-0.2, -0.15) is 0 Å². The van der Waals surface area contributed by atoms with E-state index in [1.807, 2.05) is 35.2 Å². The Morgan fingerprint density at radius 3 is 1.95 bits per heavy atom. The second-order valence-corrected chi connectivity index (χ2v) is 12.9. The van der Waals surface area contributed by atoms with Crippen LogP contribution in [0, 0.1) is 6.29 Å². The van der Waals surface area contributed by atoms with Gasteiger partial charge >= 0.3 is 12.2 Å². The number of hydrogen-bond acceptors (Lipinski definition) is 6. The summed E-state index contributed by atoms with van der Waals surface area (Å²) in [4.78, 5) is 36.0. The van der Waals surface area contributed by atoms with E-state index in [1.54, 1.807) is 59.5 Å². The van der Waals surface area contributed by atoms with Crippen molar-refractivity contribution in [2.75, 3.05) is 26.2 Å². The van der Waals surface area contributed by atoms with Crippen LogP contribution in [-0.4, -0.2) is 84.2 Å². The topological polar surface area (TPSA) is 100 Å². The number of hydrogen-bond donors (Lipinski definition) is 2. The molecule has 11 heteroatoms. The Morgan fingerprint density at radius 2 is 1.46 bits per heavy atom. The first-order chi connectivity index (χ1) is 18.2. The molecular weight excluding hydrogens is 538 g/mol. The van der Waals surface area contributed by atoms with Gasteiger partial charge in [-0.3, -0.25) is 19.6 Å². The number of pyridine rings is 1. The first kappa shape index (κ1) is 31.0. The van der Waals surface area contributed by atoms with Crippen LogP contribution in [0.2, 0.25) is 5.02 Å². The third kappa shape index (κ3) is 8.23. The lowest BCUT2D eigenvalue weighted by molar-refractivity contribution is -0.0459. The van der Waals surface area contributed by atoms with Crippen molar-refractivity contribution >= 4 is 35.5 Å². The highest BCUT2D eigenvalue weighted by atomic mass is 35.5. The SMILES string of the molecule is CC(C)(C)N([C](N1CCN(Cc2cccnc2SCc2ccc(Cl)cc2)CC1)N(C(=O)O)C(C)(C)C)C(=O)O. The van der Waals surface area contributed by atoms with Crippen LogP contribution in [-0.2, 0) is 12.3 Å². The summed E-state index contributed by atoms with van der Waals surface area (Å²) in [6.45, 7) is 13.6. The molecule has 1 aromatic carbocycles. The predicted molar refractivity (Wildman–Crippen MR) is 155 cm³/mol. The van der Waals surface area contributed by atoms with Crippen LogP contribution in [0.25, 0.3) is 0 Å². The Bertz CT molecular complexity index is 1100. The van der Waals surface area contributed by atoms with E-state index in [-0.39, 0.29) is 6.29 Å². The van der Waals surface area contributed by atoms with Crippen LogP contribution in [0.5, 0.6) is 0 Å². The number of nitrogens with zero attached hydrogens (tertiary/aromatic N) is 5. The molecule has 1 aromatic heterocycles. The van der Waals surface area contributed by atoms with Crippen molar-refractivity contribution in [3.63, 3.8) is 0 Å². The third-order valence-corrected chi connectivity index (χ3v) is 7.68. The monoisotopic (exact) mass is 576 g/mol. The molecule has 1 fully saturated rings. The molecule has 9 nitrogen and oxygen atoms in total. The van der Waals surface area contributed by atoms with E-state index in [2.05, 4.69) is 16.0 Å². The Hall–Kier alpha value is -2.53. The van der Waals surface area contributed by atoms with Crippen molar-refractivity contribution < 1.29 is 19.8 Å². The summed E-state index contributed by atoms with van der Waals surface area (Å²) < 4.78 is 0. The second-order valence-electron chi connectivity index (χ2n) is 11.5. The highest BCUT2D eigenvalue weighted by molar-refractivity contribution is 7.98. The number of amides is 2. The summed E-state index contributed by atoms with van der Waals surface area (Å²) in [5.41, 5.74) is 0.603. The van der Waals surface area contributed by atoms with Crippen molar-refractivity contribution in [2.45, 2.75) is 69.9 Å². The molecule has 2 amide bonds. The van der Waals surface area contributed by atoms with Crippen LogP contribution >= 0.6 is 23.4 Å². The van der Waals surface area contributed by atoms with E-state index in [1.165, 1.54) is 15.4 Å². The van der Waals surface area contributed by atoms with Gasteiger partial charge in [0.2, 0.25) is 6.29 Å². The third-order valence-electron chi connectivity index (χ3n) is 6.31. The fourth-order valence-electron chi connectivity index (χ4n) is 4.48. The molecule has 0 bridgehead atoms. The molecule has 1 radical (unpaired) electrons. The van der Waals surface area contributed by atoms with E-state index < -0.39 is 23.3 Å². The lowest BCUT2D eigenvalue weighted by Gasteiger charge is -2.51. The Kier molecular flexibility index (Phi) is 10.1.